The van der Waals surface area contributed by atoms with Gasteiger partial charge in [0.25, 0.3) is 5.91 Å². The molecule has 21 heavy (non-hydrogen) atoms. The Morgan fingerprint density at radius 1 is 1.43 bits per heavy atom. The third-order valence-electron chi connectivity index (χ3n) is 4.17. The number of hydrogen-bond acceptors (Lipinski definition) is 4. The molecule has 0 spiro atoms. The molecule has 1 fully saturated rings. The van der Waals surface area contributed by atoms with Gasteiger partial charge < -0.3 is 10.6 Å². The molecule has 0 saturated carbocycles. The smallest absolute Gasteiger partial charge is 0.260 e. The van der Waals surface area contributed by atoms with Gasteiger partial charge in [-0.05, 0) is 32.1 Å². The molecule has 1 saturated heterocycles. The largest absolute Gasteiger partial charge is 0.365 e. The Morgan fingerprint density at radius 2 is 2.14 bits per heavy atom. The predicted molar refractivity (Wildman–Crippen MR) is 83.0 cm³/mol. The predicted octanol–water partition coefficient (Wildman–Crippen LogP) is 2.73. The number of amides is 2. The van der Waals surface area contributed by atoms with Crippen molar-refractivity contribution in [3.05, 3.63) is 16.1 Å². The van der Waals surface area contributed by atoms with Gasteiger partial charge in [-0.1, -0.05) is 13.8 Å². The first-order chi connectivity index (χ1) is 10.1. The molecule has 2 amide bonds. The van der Waals surface area contributed by atoms with Gasteiger partial charge >= 0.3 is 0 Å². The van der Waals surface area contributed by atoms with Crippen LogP contribution in [0.15, 0.2) is 6.20 Å². The highest BCUT2D eigenvalue weighted by molar-refractivity contribution is 7.13. The third-order valence-corrected chi connectivity index (χ3v) is 5.29. The van der Waals surface area contributed by atoms with E-state index in [0.717, 1.165) is 43.7 Å². The van der Waals surface area contributed by atoms with Crippen molar-refractivity contribution in [3.8, 4) is 0 Å². The van der Waals surface area contributed by atoms with Gasteiger partial charge in [-0.25, -0.2) is 4.98 Å². The molecule has 1 aromatic heterocycles. The van der Waals surface area contributed by atoms with Crippen LogP contribution in [0.2, 0.25) is 0 Å². The Morgan fingerprint density at radius 3 is 2.71 bits per heavy atom. The second-order valence-electron chi connectivity index (χ2n) is 5.48. The molecule has 2 N–H and O–H groups in total. The van der Waals surface area contributed by atoms with Crippen LogP contribution in [0.25, 0.3) is 0 Å². The summed E-state index contributed by atoms with van der Waals surface area (Å²) >= 11 is 1.32. The van der Waals surface area contributed by atoms with E-state index in [1.54, 1.807) is 0 Å². The monoisotopic (exact) mass is 309 g/mol. The minimum Gasteiger partial charge on any atom is -0.365 e. The average molecular weight is 309 g/mol. The molecule has 6 heteroatoms. The first-order valence-electron chi connectivity index (χ1n) is 7.64. The number of rotatable bonds is 5. The van der Waals surface area contributed by atoms with E-state index in [-0.39, 0.29) is 17.9 Å². The van der Waals surface area contributed by atoms with Crippen molar-refractivity contribution < 1.29 is 9.59 Å². The highest BCUT2D eigenvalue weighted by atomic mass is 32.1. The number of carbonyl (C=O) groups is 2. The average Bonchev–Trinajstić information content (AvgIpc) is 2.98. The number of carbonyl (C=O) groups excluding carboxylic acids is 2. The first kappa shape index (κ1) is 15.9. The van der Waals surface area contributed by atoms with Crippen LogP contribution < -0.4 is 5.73 Å². The second-order valence-corrected chi connectivity index (χ2v) is 6.55. The quantitative estimate of drug-likeness (QED) is 0.908. The van der Waals surface area contributed by atoms with Crippen molar-refractivity contribution in [2.24, 2.45) is 11.7 Å². The number of nitrogens with zero attached hydrogens (tertiary/aromatic N) is 2. The van der Waals surface area contributed by atoms with Gasteiger partial charge in [-0.3, -0.25) is 9.59 Å². The normalized spacial score (nSPS) is 19.0. The highest BCUT2D eigenvalue weighted by Crippen LogP contribution is 2.34. The summed E-state index contributed by atoms with van der Waals surface area (Å²) in [6.07, 6.45) is 6.29. The SMILES string of the molecule is CCC(CC)C(=O)N1CCCCC1c1ncc(C(N)=O)s1. The second kappa shape index (κ2) is 7.02. The molecule has 1 aromatic rings. The molecule has 2 rings (SSSR count). The van der Waals surface area contributed by atoms with E-state index >= 15 is 0 Å². The summed E-state index contributed by atoms with van der Waals surface area (Å²) in [4.78, 5) is 30.7. The lowest BCUT2D eigenvalue weighted by molar-refractivity contribution is -0.139. The molecule has 1 unspecified atom stereocenters. The molecule has 5 nitrogen and oxygen atoms in total. The summed E-state index contributed by atoms with van der Waals surface area (Å²) in [6.45, 7) is 4.89. The summed E-state index contributed by atoms with van der Waals surface area (Å²) in [5.41, 5.74) is 5.29. The van der Waals surface area contributed by atoms with Crippen LogP contribution in [0.5, 0.6) is 0 Å². The van der Waals surface area contributed by atoms with E-state index in [1.807, 2.05) is 4.90 Å². The Bertz CT molecular complexity index is 511. The van der Waals surface area contributed by atoms with Gasteiger partial charge in [0, 0.05) is 12.5 Å². The Kier molecular flexibility index (Phi) is 5.33. The van der Waals surface area contributed by atoms with Gasteiger partial charge in [0.2, 0.25) is 5.91 Å². The zero-order chi connectivity index (χ0) is 15.4. The number of thiazole rings is 1. The number of nitrogens with two attached hydrogens (primary N) is 1. The number of likely N-dealkylation sites (tertiary alicyclic amines) is 1. The summed E-state index contributed by atoms with van der Waals surface area (Å²) in [5.74, 6) is -0.144. The third kappa shape index (κ3) is 3.43. The minimum absolute atomic E-state index is 0.00458. The van der Waals surface area contributed by atoms with Crippen LogP contribution in [0.3, 0.4) is 0 Å². The zero-order valence-electron chi connectivity index (χ0n) is 12.7. The first-order valence-corrected chi connectivity index (χ1v) is 8.46. The van der Waals surface area contributed by atoms with Crippen molar-refractivity contribution in [3.63, 3.8) is 0 Å². The maximum absolute atomic E-state index is 12.7. The van der Waals surface area contributed by atoms with Crippen LogP contribution in [0, 0.1) is 5.92 Å². The number of aromatic nitrogens is 1. The molecule has 116 valence electrons. The fourth-order valence-corrected chi connectivity index (χ4v) is 3.80. The highest BCUT2D eigenvalue weighted by Gasteiger charge is 2.32. The molecule has 0 aliphatic carbocycles. The van der Waals surface area contributed by atoms with Crippen LogP contribution in [0.1, 0.15) is 66.7 Å². The lowest BCUT2D eigenvalue weighted by Crippen LogP contribution is -2.41. The Balaban J connectivity index is 2.21. The van der Waals surface area contributed by atoms with Crippen LogP contribution >= 0.6 is 11.3 Å². The van der Waals surface area contributed by atoms with Crippen molar-refractivity contribution >= 4 is 23.2 Å². The summed E-state index contributed by atoms with van der Waals surface area (Å²) in [7, 11) is 0. The molecule has 1 aliphatic heterocycles. The molecule has 0 aromatic carbocycles. The van der Waals surface area contributed by atoms with Crippen molar-refractivity contribution in [2.75, 3.05) is 6.54 Å². The maximum atomic E-state index is 12.7. The number of primary amides is 1. The molecule has 1 aliphatic rings. The summed E-state index contributed by atoms with van der Waals surface area (Å²) < 4.78 is 0. The minimum atomic E-state index is -0.451. The Hall–Kier alpha value is -1.43. The number of piperidine rings is 1. The van der Waals surface area contributed by atoms with Crippen molar-refractivity contribution in [1.82, 2.24) is 9.88 Å². The maximum Gasteiger partial charge on any atom is 0.260 e. The lowest BCUT2D eigenvalue weighted by atomic mass is 9.96. The van der Waals surface area contributed by atoms with E-state index in [2.05, 4.69) is 18.8 Å². The molecule has 0 radical (unpaired) electrons. The fourth-order valence-electron chi connectivity index (χ4n) is 2.88. The molecular weight excluding hydrogens is 286 g/mol. The standard InChI is InChI=1S/C15H23N3O2S/c1-3-10(4-2)15(20)18-8-6-5-7-11(18)14-17-9-12(21-14)13(16)19/h9-11H,3-8H2,1-2H3,(H2,16,19). The zero-order valence-corrected chi connectivity index (χ0v) is 13.5. The lowest BCUT2D eigenvalue weighted by Gasteiger charge is -2.36. The van der Waals surface area contributed by atoms with Gasteiger partial charge in [0.05, 0.1) is 12.2 Å². The van der Waals surface area contributed by atoms with E-state index in [0.29, 0.717) is 4.88 Å². The molecule has 1 atom stereocenters. The van der Waals surface area contributed by atoms with E-state index in [4.69, 9.17) is 5.73 Å². The van der Waals surface area contributed by atoms with E-state index in [9.17, 15) is 9.59 Å². The Labute approximate surface area is 129 Å². The van der Waals surface area contributed by atoms with Gasteiger partial charge in [0.1, 0.15) is 9.88 Å². The van der Waals surface area contributed by atoms with Crippen molar-refractivity contribution in [1.29, 1.82) is 0 Å². The van der Waals surface area contributed by atoms with Gasteiger partial charge in [-0.2, -0.15) is 0 Å². The van der Waals surface area contributed by atoms with E-state index < -0.39 is 5.91 Å². The van der Waals surface area contributed by atoms with Crippen molar-refractivity contribution in [2.45, 2.75) is 52.0 Å². The van der Waals surface area contributed by atoms with Crippen LogP contribution in [-0.2, 0) is 4.79 Å². The topological polar surface area (TPSA) is 76.3 Å². The summed E-state index contributed by atoms with van der Waals surface area (Å²) in [6, 6.07) is 0.00458. The van der Waals surface area contributed by atoms with Gasteiger partial charge in [0.15, 0.2) is 0 Å². The molecule has 0 bridgehead atoms. The molecular formula is C15H23N3O2S. The summed E-state index contributed by atoms with van der Waals surface area (Å²) in [5, 5.41) is 0.836. The molecule has 2 heterocycles. The van der Waals surface area contributed by atoms with Crippen LogP contribution in [0.4, 0.5) is 0 Å². The fraction of sp³-hybridized carbons (Fsp3) is 0.667. The van der Waals surface area contributed by atoms with E-state index in [1.165, 1.54) is 17.5 Å². The number of hydrogen-bond donors (Lipinski definition) is 1. The van der Waals surface area contributed by atoms with Crippen LogP contribution in [-0.4, -0.2) is 28.2 Å². The van der Waals surface area contributed by atoms with Gasteiger partial charge in [-0.15, -0.1) is 11.3 Å².